The summed E-state index contributed by atoms with van der Waals surface area (Å²) in [7, 11) is 0. The fraction of sp³-hybridized carbons (Fsp3) is 0.900. The Bertz CT molecular complexity index is 495. The monoisotopic (exact) mass is 390 g/mol. The topological polar surface area (TPSA) is 68.2 Å². The zero-order valence-electron chi connectivity index (χ0n) is 15.9. The van der Waals surface area contributed by atoms with Gasteiger partial charge in [0.15, 0.2) is 12.6 Å². The first-order chi connectivity index (χ1) is 12.9. The lowest BCUT2D eigenvalue weighted by Gasteiger charge is -2.31. The van der Waals surface area contributed by atoms with Crippen molar-refractivity contribution in [1.29, 1.82) is 0 Å². The summed E-state index contributed by atoms with van der Waals surface area (Å²) in [5.74, 6) is -3.71. The maximum atomic E-state index is 14.9. The van der Waals surface area contributed by atoms with Gasteiger partial charge in [0.05, 0.1) is 12.2 Å². The van der Waals surface area contributed by atoms with Crippen LogP contribution in [0.3, 0.4) is 0 Å². The number of aliphatic hydroxyl groups excluding tert-OH is 2. The first kappa shape index (κ1) is 21.1. The van der Waals surface area contributed by atoms with E-state index in [1.165, 1.54) is 6.08 Å². The lowest BCUT2D eigenvalue weighted by Crippen LogP contribution is -2.39. The van der Waals surface area contributed by atoms with E-state index >= 15 is 0 Å². The van der Waals surface area contributed by atoms with Gasteiger partial charge in [0.25, 0.3) is 5.92 Å². The second-order valence-corrected chi connectivity index (χ2v) is 8.01. The molecule has 2 heterocycles. The van der Waals surface area contributed by atoms with Crippen LogP contribution in [-0.4, -0.2) is 53.6 Å². The Kier molecular flexibility index (Phi) is 7.25. The summed E-state index contributed by atoms with van der Waals surface area (Å²) >= 11 is 0. The summed E-state index contributed by atoms with van der Waals surface area (Å²) in [6.45, 7) is 2.51. The molecule has 2 aliphatic heterocycles. The fourth-order valence-electron chi connectivity index (χ4n) is 4.42. The van der Waals surface area contributed by atoms with Crippen LogP contribution in [0, 0.1) is 11.8 Å². The van der Waals surface area contributed by atoms with E-state index in [1.54, 1.807) is 0 Å². The number of unbranched alkanes of at least 4 members (excludes halogenated alkanes) is 1. The molecule has 1 saturated carbocycles. The molecule has 2 saturated heterocycles. The van der Waals surface area contributed by atoms with Crippen LogP contribution in [-0.2, 0) is 14.2 Å². The van der Waals surface area contributed by atoms with Crippen molar-refractivity contribution in [1.82, 2.24) is 0 Å². The van der Waals surface area contributed by atoms with Gasteiger partial charge in [0, 0.05) is 25.4 Å². The van der Waals surface area contributed by atoms with E-state index in [2.05, 4.69) is 0 Å². The Morgan fingerprint density at radius 1 is 1.26 bits per heavy atom. The Morgan fingerprint density at radius 3 is 2.78 bits per heavy atom. The Morgan fingerprint density at radius 2 is 2.07 bits per heavy atom. The standard InChI is InChI=1S/C20H32F2O5/c1-2-3-6-17(27-19-7-4-5-10-25-19)20(21,22)9-8-13-14-11-18(24)26-16(14)12-15(13)23/h8-9,13-19,23-24H,2-7,10-12H2,1H3. The highest BCUT2D eigenvalue weighted by Gasteiger charge is 2.48. The van der Waals surface area contributed by atoms with Crippen LogP contribution in [0.15, 0.2) is 12.2 Å². The van der Waals surface area contributed by atoms with Crippen molar-refractivity contribution in [3.8, 4) is 0 Å². The van der Waals surface area contributed by atoms with Gasteiger partial charge >= 0.3 is 0 Å². The molecule has 1 aliphatic carbocycles. The first-order valence-electron chi connectivity index (χ1n) is 10.3. The van der Waals surface area contributed by atoms with Gasteiger partial charge in [0.1, 0.15) is 6.10 Å². The Hall–Kier alpha value is -0.600. The lowest BCUT2D eigenvalue weighted by atomic mass is 9.90. The molecule has 156 valence electrons. The second-order valence-electron chi connectivity index (χ2n) is 8.01. The summed E-state index contributed by atoms with van der Waals surface area (Å²) in [4.78, 5) is 0. The van der Waals surface area contributed by atoms with Crippen molar-refractivity contribution in [3.63, 3.8) is 0 Å². The predicted molar refractivity (Wildman–Crippen MR) is 95.2 cm³/mol. The third kappa shape index (κ3) is 5.26. The summed E-state index contributed by atoms with van der Waals surface area (Å²) in [6, 6.07) is 0. The van der Waals surface area contributed by atoms with Crippen molar-refractivity contribution in [2.24, 2.45) is 11.8 Å². The zero-order chi connectivity index (χ0) is 19.4. The van der Waals surface area contributed by atoms with Gasteiger partial charge in [0.2, 0.25) is 0 Å². The van der Waals surface area contributed by atoms with E-state index in [0.29, 0.717) is 32.3 Å². The lowest BCUT2D eigenvalue weighted by molar-refractivity contribution is -0.229. The maximum Gasteiger partial charge on any atom is 0.292 e. The molecular weight excluding hydrogens is 358 g/mol. The minimum atomic E-state index is -3.15. The molecule has 7 heteroatoms. The van der Waals surface area contributed by atoms with E-state index in [4.69, 9.17) is 14.2 Å². The SMILES string of the molecule is CCCCC(OC1CCCCO1)C(F)(F)C=CC1C(O)CC2OC(O)CC21. The van der Waals surface area contributed by atoms with Gasteiger partial charge in [-0.1, -0.05) is 25.8 Å². The number of rotatable bonds is 8. The van der Waals surface area contributed by atoms with Crippen LogP contribution in [0.25, 0.3) is 0 Å². The highest BCUT2D eigenvalue weighted by atomic mass is 19.3. The van der Waals surface area contributed by atoms with Gasteiger partial charge in [-0.05, 0) is 37.7 Å². The van der Waals surface area contributed by atoms with Crippen LogP contribution >= 0.6 is 0 Å². The number of halogens is 2. The number of ether oxygens (including phenoxy) is 3. The molecule has 3 fully saturated rings. The normalized spacial score (nSPS) is 38.4. The molecule has 7 unspecified atom stereocenters. The molecule has 0 aromatic heterocycles. The molecule has 0 aromatic rings. The smallest absolute Gasteiger partial charge is 0.292 e. The predicted octanol–water partition coefficient (Wildman–Crippen LogP) is 3.38. The Balaban J connectivity index is 1.65. The first-order valence-corrected chi connectivity index (χ1v) is 10.3. The molecule has 0 aromatic carbocycles. The van der Waals surface area contributed by atoms with Crippen molar-refractivity contribution in [2.45, 2.75) is 95.1 Å². The van der Waals surface area contributed by atoms with E-state index in [-0.39, 0.29) is 18.4 Å². The molecule has 7 atom stereocenters. The summed E-state index contributed by atoms with van der Waals surface area (Å²) in [5, 5.41) is 19.8. The van der Waals surface area contributed by atoms with Crippen LogP contribution < -0.4 is 0 Å². The fourth-order valence-corrected chi connectivity index (χ4v) is 4.42. The zero-order valence-corrected chi connectivity index (χ0v) is 15.9. The average Bonchev–Trinajstić information content (AvgIpc) is 3.12. The minimum absolute atomic E-state index is 0.126. The molecule has 0 bridgehead atoms. The highest BCUT2D eigenvalue weighted by Crippen LogP contribution is 2.44. The highest BCUT2D eigenvalue weighted by molar-refractivity contribution is 5.09. The van der Waals surface area contributed by atoms with Gasteiger partial charge in [-0.15, -0.1) is 0 Å². The van der Waals surface area contributed by atoms with Crippen molar-refractivity contribution >= 4 is 0 Å². The number of aliphatic hydroxyl groups is 2. The van der Waals surface area contributed by atoms with E-state index in [1.807, 2.05) is 6.92 Å². The third-order valence-electron chi connectivity index (χ3n) is 5.94. The molecule has 3 aliphatic rings. The number of hydrogen-bond acceptors (Lipinski definition) is 5. The van der Waals surface area contributed by atoms with Gasteiger partial charge < -0.3 is 24.4 Å². The van der Waals surface area contributed by atoms with E-state index < -0.39 is 36.6 Å². The van der Waals surface area contributed by atoms with Gasteiger partial charge in [-0.25, -0.2) is 0 Å². The van der Waals surface area contributed by atoms with Crippen LogP contribution in [0.2, 0.25) is 0 Å². The Labute approximate surface area is 159 Å². The molecule has 0 spiro atoms. The largest absolute Gasteiger partial charge is 0.392 e. The molecule has 3 rings (SSSR count). The molecule has 0 amide bonds. The summed E-state index contributed by atoms with van der Waals surface area (Å²) in [5.41, 5.74) is 0. The van der Waals surface area contributed by atoms with Crippen LogP contribution in [0.4, 0.5) is 8.78 Å². The quantitative estimate of drug-likeness (QED) is 0.622. The number of fused-ring (bicyclic) bond motifs is 1. The summed E-state index contributed by atoms with van der Waals surface area (Å²) < 4.78 is 46.4. The summed E-state index contributed by atoms with van der Waals surface area (Å²) in [6.07, 6.45) is 3.58. The van der Waals surface area contributed by atoms with Crippen LogP contribution in [0.5, 0.6) is 0 Å². The molecule has 0 radical (unpaired) electrons. The van der Waals surface area contributed by atoms with Crippen molar-refractivity contribution in [2.75, 3.05) is 6.61 Å². The number of hydrogen-bond donors (Lipinski definition) is 2. The van der Waals surface area contributed by atoms with Crippen molar-refractivity contribution < 1.29 is 33.2 Å². The maximum absolute atomic E-state index is 14.9. The molecule has 27 heavy (non-hydrogen) atoms. The molecular formula is C20H32F2O5. The van der Waals surface area contributed by atoms with Gasteiger partial charge in [-0.2, -0.15) is 8.78 Å². The molecule has 2 N–H and O–H groups in total. The minimum Gasteiger partial charge on any atom is -0.392 e. The second kappa shape index (κ2) is 9.27. The van der Waals surface area contributed by atoms with Crippen molar-refractivity contribution in [3.05, 3.63) is 12.2 Å². The van der Waals surface area contributed by atoms with E-state index in [0.717, 1.165) is 25.3 Å². The van der Waals surface area contributed by atoms with Crippen LogP contribution in [0.1, 0.15) is 58.3 Å². The van der Waals surface area contributed by atoms with Gasteiger partial charge in [-0.3, -0.25) is 0 Å². The number of alkyl halides is 2. The van der Waals surface area contributed by atoms with E-state index in [9.17, 15) is 19.0 Å². The average molecular weight is 390 g/mol. The molecule has 5 nitrogen and oxygen atoms in total. The third-order valence-corrected chi connectivity index (χ3v) is 5.94.